The van der Waals surface area contributed by atoms with Gasteiger partial charge in [0.1, 0.15) is 0 Å². The van der Waals surface area contributed by atoms with Gasteiger partial charge in [-0.2, -0.15) is 13.2 Å². The highest BCUT2D eigenvalue weighted by Gasteiger charge is 2.34. The number of nitrogens with zero attached hydrogens (tertiary/aromatic N) is 2. The summed E-state index contributed by atoms with van der Waals surface area (Å²) in [6.45, 7) is 0. The first-order valence-corrected chi connectivity index (χ1v) is 6.70. The van der Waals surface area contributed by atoms with Crippen molar-refractivity contribution in [2.75, 3.05) is 0 Å². The molecule has 4 nitrogen and oxygen atoms in total. The first-order chi connectivity index (χ1) is 11.2. The topological polar surface area (TPSA) is 40.9 Å². The zero-order valence-corrected chi connectivity index (χ0v) is 11.6. The smallest absolute Gasteiger partial charge is 0.273 e. The van der Waals surface area contributed by atoms with Gasteiger partial charge in [0.25, 0.3) is 0 Å². The summed E-state index contributed by atoms with van der Waals surface area (Å²) in [4.78, 5) is -0.176. The van der Waals surface area contributed by atoms with Crippen molar-refractivity contribution in [3.05, 3.63) is 42.1 Å². The van der Waals surface area contributed by atoms with Crippen LogP contribution in [0.25, 0.3) is 27.2 Å². The van der Waals surface area contributed by atoms with Crippen molar-refractivity contribution in [1.29, 1.82) is 0 Å². The highest BCUT2D eigenvalue weighted by Crippen LogP contribution is 2.39. The molecule has 0 aliphatic rings. The van der Waals surface area contributed by atoms with Crippen molar-refractivity contribution in [3.8, 4) is 0 Å². The Balaban J connectivity index is 2.20. The molecule has 0 saturated carbocycles. The first kappa shape index (κ1) is 14.8. The lowest BCUT2D eigenvalue weighted by Gasteiger charge is -2.19. The number of hydrogen-bond donors (Lipinski definition) is 2. The van der Waals surface area contributed by atoms with Crippen molar-refractivity contribution in [3.63, 3.8) is 0 Å². The molecule has 0 atom stereocenters. The third kappa shape index (κ3) is 2.02. The number of nitrogens with one attached hydrogen (secondary N) is 2. The van der Waals surface area contributed by atoms with Crippen LogP contribution in [-0.4, -0.2) is 19.6 Å². The Morgan fingerprint density at radius 2 is 1.58 bits per heavy atom. The lowest BCUT2D eigenvalue weighted by molar-refractivity contribution is -0.224. The van der Waals surface area contributed by atoms with E-state index in [0.29, 0.717) is 5.39 Å². The molecule has 126 valence electrons. The van der Waals surface area contributed by atoms with E-state index >= 15 is 0 Å². The standard InChI is InChI=1S/C14H8F6N4/c15-13(16,17)9-3-1-7-2-4-10-12-11(7)8(9)5-6-23(12)22-24(21-10)14(18,19)20/h1-6,21-22H. The van der Waals surface area contributed by atoms with E-state index in [1.54, 1.807) is 0 Å². The summed E-state index contributed by atoms with van der Waals surface area (Å²) in [5.74, 6) is 0. The molecular weight excluding hydrogens is 338 g/mol. The van der Waals surface area contributed by atoms with Gasteiger partial charge in [-0.1, -0.05) is 12.1 Å². The van der Waals surface area contributed by atoms with Gasteiger partial charge in [0, 0.05) is 11.6 Å². The van der Waals surface area contributed by atoms with Gasteiger partial charge in [0.15, 0.2) is 0 Å². The predicted molar refractivity (Wildman–Crippen MR) is 74.2 cm³/mol. The monoisotopic (exact) mass is 346 g/mol. The molecule has 0 radical (unpaired) electrons. The number of H-pyrrole nitrogens is 2. The van der Waals surface area contributed by atoms with Crippen molar-refractivity contribution in [2.24, 2.45) is 0 Å². The van der Waals surface area contributed by atoms with Crippen LogP contribution in [0.5, 0.6) is 0 Å². The van der Waals surface area contributed by atoms with Crippen molar-refractivity contribution in [2.45, 2.75) is 12.5 Å². The Labute approximate surface area is 128 Å². The van der Waals surface area contributed by atoms with E-state index < -0.39 is 18.0 Å². The molecule has 2 aromatic heterocycles. The van der Waals surface area contributed by atoms with E-state index in [2.05, 4.69) is 10.3 Å². The van der Waals surface area contributed by atoms with Gasteiger partial charge < -0.3 is 0 Å². The molecular formula is C14H8F6N4. The molecule has 2 heterocycles. The summed E-state index contributed by atoms with van der Waals surface area (Å²) >= 11 is 0. The van der Waals surface area contributed by atoms with Gasteiger partial charge in [0.05, 0.1) is 16.6 Å². The number of rotatable bonds is 0. The summed E-state index contributed by atoms with van der Waals surface area (Å²) in [7, 11) is 0. The molecule has 0 bridgehead atoms. The first-order valence-electron chi connectivity index (χ1n) is 6.70. The molecule has 10 heteroatoms. The van der Waals surface area contributed by atoms with Crippen molar-refractivity contribution in [1.82, 2.24) is 19.6 Å². The number of aromatic nitrogens is 4. The number of hydrogen-bond acceptors (Lipinski definition) is 0. The van der Waals surface area contributed by atoms with E-state index in [1.807, 2.05) is 0 Å². The average Bonchev–Trinajstić information content (AvgIpc) is 2.50. The minimum Gasteiger partial charge on any atom is -0.273 e. The molecule has 0 saturated heterocycles. The third-order valence-corrected chi connectivity index (χ3v) is 3.83. The Kier molecular flexibility index (Phi) is 2.71. The van der Waals surface area contributed by atoms with Crippen LogP contribution in [0.1, 0.15) is 5.56 Å². The Morgan fingerprint density at radius 1 is 0.875 bits per heavy atom. The molecule has 0 amide bonds. The molecule has 0 aliphatic carbocycles. The number of alkyl halides is 6. The zero-order valence-electron chi connectivity index (χ0n) is 11.6. The van der Waals surface area contributed by atoms with E-state index in [-0.39, 0.29) is 26.6 Å². The molecule has 0 fully saturated rings. The van der Waals surface area contributed by atoms with Gasteiger partial charge in [-0.15, -0.1) is 18.0 Å². The van der Waals surface area contributed by atoms with Crippen LogP contribution >= 0.6 is 0 Å². The number of benzene rings is 2. The molecule has 0 unspecified atom stereocenters. The fourth-order valence-electron chi connectivity index (χ4n) is 2.87. The van der Waals surface area contributed by atoms with Crippen LogP contribution in [0.15, 0.2) is 36.5 Å². The second kappa shape index (κ2) is 4.40. The normalized spacial score (nSPS) is 13.4. The Morgan fingerprint density at radius 3 is 2.25 bits per heavy atom. The Hall–Kier alpha value is -2.78. The van der Waals surface area contributed by atoms with Crippen LogP contribution in [0.2, 0.25) is 0 Å². The summed E-state index contributed by atoms with van der Waals surface area (Å²) in [5, 5.41) is 4.83. The van der Waals surface area contributed by atoms with E-state index in [0.717, 1.165) is 22.8 Å². The molecule has 2 aromatic carbocycles. The summed E-state index contributed by atoms with van der Waals surface area (Å²) in [5.41, 5.74) is -0.586. The van der Waals surface area contributed by atoms with Crippen molar-refractivity contribution < 1.29 is 26.3 Å². The summed E-state index contributed by atoms with van der Waals surface area (Å²) < 4.78 is 79.3. The SMILES string of the molecule is FC(F)(F)c1ccc2ccc3[nH]n(C(F)(F)F)[nH]n4ccc1c2c34. The van der Waals surface area contributed by atoms with Crippen LogP contribution in [0.4, 0.5) is 26.3 Å². The minimum atomic E-state index is -4.73. The molecule has 0 spiro atoms. The minimum absolute atomic E-state index is 0.0449. The lowest BCUT2D eigenvalue weighted by Crippen LogP contribution is -2.25. The number of aromatic amines is 2. The maximum absolute atomic E-state index is 13.2. The second-order valence-electron chi connectivity index (χ2n) is 5.29. The van der Waals surface area contributed by atoms with E-state index in [4.69, 9.17) is 0 Å². The Bertz CT molecular complexity index is 1070. The van der Waals surface area contributed by atoms with Gasteiger partial charge in [-0.25, -0.2) is 9.73 Å². The highest BCUT2D eigenvalue weighted by atomic mass is 19.4. The van der Waals surface area contributed by atoms with Gasteiger partial charge in [0.2, 0.25) is 0 Å². The summed E-state index contributed by atoms with van der Waals surface area (Å²) in [6, 6.07) is 6.28. The quantitative estimate of drug-likeness (QED) is 0.340. The van der Waals surface area contributed by atoms with Crippen LogP contribution in [-0.2, 0) is 12.5 Å². The molecule has 24 heavy (non-hydrogen) atoms. The highest BCUT2D eigenvalue weighted by molar-refractivity contribution is 6.14. The molecule has 0 aliphatic heterocycles. The zero-order chi connectivity index (χ0) is 17.3. The maximum Gasteiger partial charge on any atom is 0.518 e. The van der Waals surface area contributed by atoms with Crippen LogP contribution in [0.3, 0.4) is 0 Å². The largest absolute Gasteiger partial charge is 0.518 e. The fourth-order valence-corrected chi connectivity index (χ4v) is 2.87. The van der Waals surface area contributed by atoms with E-state index in [1.165, 1.54) is 18.2 Å². The third-order valence-electron chi connectivity index (χ3n) is 3.83. The van der Waals surface area contributed by atoms with Crippen molar-refractivity contribution >= 4 is 27.2 Å². The van der Waals surface area contributed by atoms with E-state index in [9.17, 15) is 26.3 Å². The number of pyridine rings is 1. The second-order valence-corrected chi connectivity index (χ2v) is 5.29. The van der Waals surface area contributed by atoms with Crippen LogP contribution in [0, 0.1) is 0 Å². The van der Waals surface area contributed by atoms with Gasteiger partial charge >= 0.3 is 12.5 Å². The van der Waals surface area contributed by atoms with Gasteiger partial charge in [-0.05, 0) is 29.0 Å². The van der Waals surface area contributed by atoms with Crippen LogP contribution < -0.4 is 0 Å². The molecule has 2 N–H and O–H groups in total. The fraction of sp³-hybridized carbons (Fsp3) is 0.143. The maximum atomic E-state index is 13.2. The predicted octanol–water partition coefficient (Wildman–Crippen LogP) is 4.76. The average molecular weight is 346 g/mol. The summed E-state index contributed by atoms with van der Waals surface area (Å²) in [6.07, 6.45) is -8.16. The number of halogens is 6. The lowest BCUT2D eigenvalue weighted by atomic mass is 9.99. The molecule has 4 rings (SSSR count). The molecule has 4 aromatic rings. The van der Waals surface area contributed by atoms with Gasteiger partial charge in [-0.3, -0.25) is 5.10 Å².